The Bertz CT molecular complexity index is 1670. The van der Waals surface area contributed by atoms with Crippen molar-refractivity contribution in [1.29, 1.82) is 0 Å². The summed E-state index contributed by atoms with van der Waals surface area (Å²) in [6, 6.07) is 0. The van der Waals surface area contributed by atoms with Gasteiger partial charge in [0.25, 0.3) is 0 Å². The van der Waals surface area contributed by atoms with Crippen LogP contribution in [0.2, 0.25) is 0 Å². The lowest BCUT2D eigenvalue weighted by Gasteiger charge is -2.21. The first-order valence-corrected chi connectivity index (χ1v) is 36.9. The number of unbranched alkanes of at least 4 members (excludes halogenated alkanes) is 30. The SMILES string of the molecule is CCCCCCCCCCCCCCC(=O)OC[C@H](COP(=O)(O)OC[C@@H](O)COP(=O)(O)OC[C@@H](COC(=O)CCCCCCCCCC(C)C)OC(=O)CCCCCCCCCC(C)C)OC(=O)CCCCCCCCCCC(C)CC. The van der Waals surface area contributed by atoms with Gasteiger partial charge in [-0.1, -0.05) is 267 Å². The van der Waals surface area contributed by atoms with Crippen LogP contribution in [0.15, 0.2) is 0 Å². The highest BCUT2D eigenvalue weighted by Crippen LogP contribution is 2.45. The van der Waals surface area contributed by atoms with E-state index >= 15 is 0 Å². The molecule has 0 radical (unpaired) electrons. The van der Waals surface area contributed by atoms with Crippen LogP contribution in [0.4, 0.5) is 0 Å². The second-order valence-electron chi connectivity index (χ2n) is 24.7. The standard InChI is InChI=1S/C65H126O17P2/c1-8-10-11-12-13-14-15-16-17-25-32-39-46-62(67)75-52-60(81-64(69)48-41-34-26-19-18-24-31-38-45-58(7)9-2)54-79-83(71,72)77-50-59(66)51-78-84(73,74)80-55-61(82-65(70)49-42-35-28-21-23-30-37-44-57(5)6)53-76-63(68)47-40-33-27-20-22-29-36-43-56(3)4/h56-61,66H,8-55H2,1-7H3,(H,71,72)(H,73,74)/t58?,59-,60-,61-/m1/s1. The fourth-order valence-corrected chi connectivity index (χ4v) is 11.2. The molecule has 0 amide bonds. The van der Waals surface area contributed by atoms with Gasteiger partial charge >= 0.3 is 39.5 Å². The predicted molar refractivity (Wildman–Crippen MR) is 335 cm³/mol. The van der Waals surface area contributed by atoms with E-state index in [9.17, 15) is 43.2 Å². The summed E-state index contributed by atoms with van der Waals surface area (Å²) in [4.78, 5) is 72.3. The normalized spacial score (nSPS) is 14.7. The number of aliphatic hydroxyl groups is 1. The number of carbonyl (C=O) groups excluding carboxylic acids is 4. The number of hydrogen-bond acceptors (Lipinski definition) is 15. The zero-order valence-corrected chi connectivity index (χ0v) is 56.1. The van der Waals surface area contributed by atoms with Crippen LogP contribution in [0, 0.1) is 17.8 Å². The maximum absolute atomic E-state index is 13.0. The molecule has 498 valence electrons. The summed E-state index contributed by atoms with van der Waals surface area (Å²) in [5, 5.41) is 10.5. The molecule has 84 heavy (non-hydrogen) atoms. The second kappa shape index (κ2) is 56.3. The number of carbonyl (C=O) groups is 4. The average molecular weight is 1240 g/mol. The van der Waals surface area contributed by atoms with Crippen LogP contribution < -0.4 is 0 Å². The fourth-order valence-electron chi connectivity index (χ4n) is 9.62. The van der Waals surface area contributed by atoms with Crippen molar-refractivity contribution in [3.05, 3.63) is 0 Å². The van der Waals surface area contributed by atoms with Gasteiger partial charge in [-0.15, -0.1) is 0 Å². The van der Waals surface area contributed by atoms with E-state index < -0.39 is 97.5 Å². The third-order valence-corrected chi connectivity index (χ3v) is 17.1. The molecule has 0 aromatic carbocycles. The van der Waals surface area contributed by atoms with Gasteiger partial charge in [0.15, 0.2) is 12.2 Å². The maximum atomic E-state index is 13.0. The topological polar surface area (TPSA) is 237 Å². The molecule has 0 rings (SSSR count). The lowest BCUT2D eigenvalue weighted by molar-refractivity contribution is -0.161. The summed E-state index contributed by atoms with van der Waals surface area (Å²) in [5.74, 6) is 0.0333. The number of hydrogen-bond donors (Lipinski definition) is 3. The minimum atomic E-state index is -4.95. The number of phosphoric acid groups is 2. The highest BCUT2D eigenvalue weighted by molar-refractivity contribution is 7.47. The molecule has 19 heteroatoms. The van der Waals surface area contributed by atoms with E-state index in [1.807, 2.05) is 0 Å². The van der Waals surface area contributed by atoms with Gasteiger partial charge in [-0.05, 0) is 43.4 Å². The van der Waals surface area contributed by atoms with E-state index in [0.29, 0.717) is 37.5 Å². The summed E-state index contributed by atoms with van der Waals surface area (Å²) in [6.45, 7) is 11.7. The van der Waals surface area contributed by atoms with E-state index in [1.165, 1.54) is 122 Å². The van der Waals surface area contributed by atoms with E-state index in [1.54, 1.807) is 0 Å². The molecule has 3 unspecified atom stereocenters. The maximum Gasteiger partial charge on any atom is 0.472 e. The number of esters is 4. The first-order chi connectivity index (χ1) is 40.3. The van der Waals surface area contributed by atoms with Crippen molar-refractivity contribution in [3.63, 3.8) is 0 Å². The van der Waals surface area contributed by atoms with Crippen molar-refractivity contribution in [2.24, 2.45) is 17.8 Å². The van der Waals surface area contributed by atoms with Gasteiger partial charge in [0.1, 0.15) is 19.3 Å². The Kier molecular flexibility index (Phi) is 55.0. The second-order valence-corrected chi connectivity index (χ2v) is 27.6. The molecule has 0 aliphatic rings. The molecule has 0 aliphatic carbocycles. The molecule has 0 heterocycles. The summed E-state index contributed by atoms with van der Waals surface area (Å²) in [5.41, 5.74) is 0. The van der Waals surface area contributed by atoms with Gasteiger partial charge in [0, 0.05) is 25.7 Å². The quantitative estimate of drug-likeness (QED) is 0.0222. The number of aliphatic hydroxyl groups excluding tert-OH is 1. The van der Waals surface area contributed by atoms with Crippen LogP contribution in [0.25, 0.3) is 0 Å². The monoisotopic (exact) mass is 1240 g/mol. The van der Waals surface area contributed by atoms with Crippen molar-refractivity contribution in [2.45, 2.75) is 336 Å². The van der Waals surface area contributed by atoms with Crippen LogP contribution in [-0.2, 0) is 65.4 Å². The lowest BCUT2D eigenvalue weighted by Crippen LogP contribution is -2.30. The molecule has 6 atom stereocenters. The van der Waals surface area contributed by atoms with Crippen LogP contribution >= 0.6 is 15.6 Å². The largest absolute Gasteiger partial charge is 0.472 e. The Morgan fingerprint density at radius 1 is 0.345 bits per heavy atom. The van der Waals surface area contributed by atoms with Gasteiger partial charge in [0.2, 0.25) is 0 Å². The highest BCUT2D eigenvalue weighted by atomic mass is 31.2. The predicted octanol–water partition coefficient (Wildman–Crippen LogP) is 17.9. The Labute approximate surface area is 511 Å². The molecule has 0 saturated heterocycles. The molecule has 0 aromatic rings. The number of phosphoric ester groups is 2. The molecule has 0 saturated carbocycles. The molecule has 3 N–H and O–H groups in total. The fraction of sp³-hybridized carbons (Fsp3) is 0.938. The van der Waals surface area contributed by atoms with E-state index in [-0.39, 0.29) is 25.7 Å². The zero-order valence-electron chi connectivity index (χ0n) is 54.4. The lowest BCUT2D eigenvalue weighted by atomic mass is 9.99. The average Bonchev–Trinajstić information content (AvgIpc) is 3.58. The van der Waals surface area contributed by atoms with E-state index in [2.05, 4.69) is 48.5 Å². The van der Waals surface area contributed by atoms with Gasteiger partial charge < -0.3 is 33.8 Å². The Morgan fingerprint density at radius 3 is 0.905 bits per heavy atom. The van der Waals surface area contributed by atoms with Crippen LogP contribution in [0.5, 0.6) is 0 Å². The van der Waals surface area contributed by atoms with Gasteiger partial charge in [0.05, 0.1) is 26.4 Å². The van der Waals surface area contributed by atoms with E-state index in [4.69, 9.17) is 37.0 Å². The van der Waals surface area contributed by atoms with E-state index in [0.717, 1.165) is 102 Å². The van der Waals surface area contributed by atoms with Crippen LogP contribution in [0.1, 0.15) is 318 Å². The highest BCUT2D eigenvalue weighted by Gasteiger charge is 2.30. The Hall–Kier alpha value is -1.94. The molecular weight excluding hydrogens is 1110 g/mol. The number of ether oxygens (including phenoxy) is 4. The minimum absolute atomic E-state index is 0.102. The molecule has 0 fully saturated rings. The summed E-state index contributed by atoms with van der Waals surface area (Å²) in [6.07, 6.45) is 37.6. The van der Waals surface area contributed by atoms with Gasteiger partial charge in [-0.25, -0.2) is 9.13 Å². The number of rotatable bonds is 63. The molecule has 0 bridgehead atoms. The van der Waals surface area contributed by atoms with Crippen molar-refractivity contribution in [1.82, 2.24) is 0 Å². The summed E-state index contributed by atoms with van der Waals surface area (Å²) in [7, 11) is -9.89. The summed E-state index contributed by atoms with van der Waals surface area (Å²) >= 11 is 0. The van der Waals surface area contributed by atoms with Crippen LogP contribution in [-0.4, -0.2) is 96.7 Å². The third kappa shape index (κ3) is 57.8. The van der Waals surface area contributed by atoms with Crippen molar-refractivity contribution in [2.75, 3.05) is 39.6 Å². The molecule has 0 spiro atoms. The summed E-state index contributed by atoms with van der Waals surface area (Å²) < 4.78 is 68.0. The van der Waals surface area contributed by atoms with Gasteiger partial charge in [-0.2, -0.15) is 0 Å². The molecular formula is C65H126O17P2. The first-order valence-electron chi connectivity index (χ1n) is 33.9. The third-order valence-electron chi connectivity index (χ3n) is 15.2. The Balaban J connectivity index is 5.26. The van der Waals surface area contributed by atoms with Crippen molar-refractivity contribution >= 4 is 39.5 Å². The van der Waals surface area contributed by atoms with Gasteiger partial charge in [-0.3, -0.25) is 37.3 Å². The van der Waals surface area contributed by atoms with Crippen molar-refractivity contribution in [3.8, 4) is 0 Å². The van der Waals surface area contributed by atoms with Crippen LogP contribution in [0.3, 0.4) is 0 Å². The zero-order chi connectivity index (χ0) is 62.4. The molecule has 0 aliphatic heterocycles. The minimum Gasteiger partial charge on any atom is -0.462 e. The van der Waals surface area contributed by atoms with Crippen molar-refractivity contribution < 1.29 is 80.2 Å². The first kappa shape index (κ1) is 82.1. The smallest absolute Gasteiger partial charge is 0.462 e. The molecule has 0 aromatic heterocycles. The Morgan fingerprint density at radius 2 is 0.607 bits per heavy atom. The molecule has 17 nitrogen and oxygen atoms in total.